The molecule has 0 radical (unpaired) electrons. The lowest BCUT2D eigenvalue weighted by Crippen LogP contribution is -2.17. The molecule has 0 unspecified atom stereocenters. The van der Waals surface area contributed by atoms with Crippen LogP contribution in [-0.4, -0.2) is 16.7 Å². The molecule has 0 bridgehead atoms. The Labute approximate surface area is 97.4 Å². The third kappa shape index (κ3) is 1.97. The van der Waals surface area contributed by atoms with E-state index in [1.54, 1.807) is 25.6 Å². The summed E-state index contributed by atoms with van der Waals surface area (Å²) in [4.78, 5) is 13.9. The molecule has 0 amide bonds. The van der Waals surface area contributed by atoms with Crippen molar-refractivity contribution in [3.05, 3.63) is 51.7 Å². The fraction of sp³-hybridized carbons (Fsp3) is 0.182. The molecule has 2 rings (SSSR count). The molecule has 0 atom stereocenters. The van der Waals surface area contributed by atoms with Crippen LogP contribution >= 0.6 is 11.6 Å². The van der Waals surface area contributed by atoms with Gasteiger partial charge in [0.25, 0.3) is 0 Å². The number of imidazole rings is 1. The molecule has 0 aliphatic heterocycles. The van der Waals surface area contributed by atoms with Crippen molar-refractivity contribution in [2.45, 2.75) is 6.54 Å². The summed E-state index contributed by atoms with van der Waals surface area (Å²) in [7, 11) is 1.58. The molecular weight excluding hydrogens is 228 g/mol. The van der Waals surface area contributed by atoms with Gasteiger partial charge in [0.1, 0.15) is 5.75 Å². The molecule has 0 fully saturated rings. The van der Waals surface area contributed by atoms with Gasteiger partial charge in [-0.3, -0.25) is 4.57 Å². The largest absolute Gasteiger partial charge is 0.496 e. The number of methoxy groups -OCH3 is 1. The highest BCUT2D eigenvalue weighted by Crippen LogP contribution is 2.26. The number of hydrogen-bond acceptors (Lipinski definition) is 2. The molecule has 5 heteroatoms. The number of nitrogens with one attached hydrogen (secondary N) is 1. The number of hydrogen-bond donors (Lipinski definition) is 1. The monoisotopic (exact) mass is 238 g/mol. The van der Waals surface area contributed by atoms with Gasteiger partial charge in [-0.1, -0.05) is 17.7 Å². The van der Waals surface area contributed by atoms with E-state index in [2.05, 4.69) is 4.98 Å². The molecule has 84 valence electrons. The third-order valence-corrected chi connectivity index (χ3v) is 2.70. The summed E-state index contributed by atoms with van der Waals surface area (Å²) in [6.07, 6.45) is 3.26. The van der Waals surface area contributed by atoms with Crippen molar-refractivity contribution in [1.29, 1.82) is 0 Å². The predicted molar refractivity (Wildman–Crippen MR) is 62.2 cm³/mol. The summed E-state index contributed by atoms with van der Waals surface area (Å²) < 4.78 is 6.74. The fourth-order valence-electron chi connectivity index (χ4n) is 1.53. The summed E-state index contributed by atoms with van der Waals surface area (Å²) in [5.74, 6) is 0.681. The van der Waals surface area contributed by atoms with Gasteiger partial charge in [0.15, 0.2) is 0 Å². The van der Waals surface area contributed by atoms with Crippen LogP contribution in [0, 0.1) is 0 Å². The SMILES string of the molecule is COc1cccc(Cl)c1Cn1cc[nH]c1=O. The van der Waals surface area contributed by atoms with Gasteiger partial charge < -0.3 is 9.72 Å². The van der Waals surface area contributed by atoms with Gasteiger partial charge in [0.2, 0.25) is 0 Å². The van der Waals surface area contributed by atoms with E-state index in [4.69, 9.17) is 16.3 Å². The topological polar surface area (TPSA) is 47.0 Å². The Hall–Kier alpha value is -1.68. The van der Waals surface area contributed by atoms with Gasteiger partial charge in [-0.05, 0) is 12.1 Å². The number of ether oxygens (including phenoxy) is 1. The minimum atomic E-state index is -0.165. The number of benzene rings is 1. The second-order valence-electron chi connectivity index (χ2n) is 3.31. The number of H-pyrrole nitrogens is 1. The Bertz CT molecular complexity index is 545. The van der Waals surface area contributed by atoms with E-state index >= 15 is 0 Å². The maximum Gasteiger partial charge on any atom is 0.325 e. The van der Waals surface area contributed by atoms with Crippen molar-refractivity contribution >= 4 is 11.6 Å². The summed E-state index contributed by atoms with van der Waals surface area (Å²) >= 11 is 6.07. The number of nitrogens with zero attached hydrogens (tertiary/aromatic N) is 1. The standard InChI is InChI=1S/C11H11ClN2O2/c1-16-10-4-2-3-9(12)8(10)7-14-6-5-13-11(14)15/h2-6H,7H2,1H3,(H,13,15). The van der Waals surface area contributed by atoms with Crippen LogP contribution in [0.5, 0.6) is 5.75 Å². The molecule has 0 saturated heterocycles. The van der Waals surface area contributed by atoms with Crippen LogP contribution in [-0.2, 0) is 6.54 Å². The lowest BCUT2D eigenvalue weighted by molar-refractivity contribution is 0.408. The van der Waals surface area contributed by atoms with E-state index in [0.29, 0.717) is 17.3 Å². The van der Waals surface area contributed by atoms with Crippen LogP contribution in [0.4, 0.5) is 0 Å². The Kier molecular flexibility index (Phi) is 3.01. The molecule has 1 heterocycles. The van der Waals surface area contributed by atoms with Crippen LogP contribution in [0.25, 0.3) is 0 Å². The normalized spacial score (nSPS) is 10.4. The smallest absolute Gasteiger partial charge is 0.325 e. The second-order valence-corrected chi connectivity index (χ2v) is 3.72. The van der Waals surface area contributed by atoms with Crippen LogP contribution in [0.1, 0.15) is 5.56 Å². The molecule has 16 heavy (non-hydrogen) atoms. The maximum atomic E-state index is 11.4. The van der Waals surface area contributed by atoms with Gasteiger partial charge >= 0.3 is 5.69 Å². The van der Waals surface area contributed by atoms with Crippen LogP contribution < -0.4 is 10.4 Å². The van der Waals surface area contributed by atoms with Crippen LogP contribution in [0.3, 0.4) is 0 Å². The fourth-order valence-corrected chi connectivity index (χ4v) is 1.75. The van der Waals surface area contributed by atoms with Gasteiger partial charge in [-0.15, -0.1) is 0 Å². The zero-order valence-electron chi connectivity index (χ0n) is 8.74. The van der Waals surface area contributed by atoms with Crippen LogP contribution in [0.15, 0.2) is 35.4 Å². The van der Waals surface area contributed by atoms with Gasteiger partial charge in [0.05, 0.1) is 13.7 Å². The van der Waals surface area contributed by atoms with E-state index in [1.807, 2.05) is 12.1 Å². The van der Waals surface area contributed by atoms with E-state index in [0.717, 1.165) is 5.56 Å². The van der Waals surface area contributed by atoms with Crippen LogP contribution in [0.2, 0.25) is 5.02 Å². The number of aromatic amines is 1. The first-order valence-electron chi connectivity index (χ1n) is 4.77. The summed E-state index contributed by atoms with van der Waals surface area (Å²) in [6.45, 7) is 0.394. The van der Waals surface area contributed by atoms with Crippen molar-refractivity contribution in [1.82, 2.24) is 9.55 Å². The van der Waals surface area contributed by atoms with E-state index in [-0.39, 0.29) is 5.69 Å². The minimum absolute atomic E-state index is 0.165. The molecule has 0 saturated carbocycles. The molecule has 0 aliphatic rings. The van der Waals surface area contributed by atoms with Crippen molar-refractivity contribution in [3.8, 4) is 5.75 Å². The zero-order valence-corrected chi connectivity index (χ0v) is 9.49. The molecule has 2 aromatic rings. The van der Waals surface area contributed by atoms with E-state index < -0.39 is 0 Å². The average Bonchev–Trinajstić information content (AvgIpc) is 2.67. The van der Waals surface area contributed by atoms with Gasteiger partial charge in [-0.25, -0.2) is 4.79 Å². The molecular formula is C11H11ClN2O2. The Morgan fingerprint density at radius 3 is 2.94 bits per heavy atom. The quantitative estimate of drug-likeness (QED) is 0.888. The molecule has 0 spiro atoms. The highest BCUT2D eigenvalue weighted by Gasteiger charge is 2.08. The summed E-state index contributed by atoms with van der Waals surface area (Å²) in [6, 6.07) is 5.40. The highest BCUT2D eigenvalue weighted by atomic mass is 35.5. The first-order valence-corrected chi connectivity index (χ1v) is 5.15. The lowest BCUT2D eigenvalue weighted by atomic mass is 10.2. The number of rotatable bonds is 3. The zero-order chi connectivity index (χ0) is 11.5. The van der Waals surface area contributed by atoms with Gasteiger partial charge in [0, 0.05) is 23.0 Å². The Morgan fingerprint density at radius 1 is 1.50 bits per heavy atom. The molecule has 1 aromatic carbocycles. The molecule has 0 aliphatic carbocycles. The maximum absolute atomic E-state index is 11.4. The predicted octanol–water partition coefficient (Wildman–Crippen LogP) is 1.89. The van der Waals surface area contributed by atoms with Crippen molar-refractivity contribution in [2.24, 2.45) is 0 Å². The summed E-state index contributed by atoms with van der Waals surface area (Å²) in [5, 5.41) is 0.590. The molecule has 1 N–H and O–H groups in total. The van der Waals surface area contributed by atoms with E-state index in [1.165, 1.54) is 4.57 Å². The molecule has 4 nitrogen and oxygen atoms in total. The van der Waals surface area contributed by atoms with E-state index in [9.17, 15) is 4.79 Å². The minimum Gasteiger partial charge on any atom is -0.496 e. The third-order valence-electron chi connectivity index (χ3n) is 2.35. The number of aromatic nitrogens is 2. The number of halogens is 1. The Balaban J connectivity index is 2.41. The average molecular weight is 239 g/mol. The van der Waals surface area contributed by atoms with Crippen molar-refractivity contribution in [2.75, 3.05) is 7.11 Å². The second kappa shape index (κ2) is 4.45. The van der Waals surface area contributed by atoms with Gasteiger partial charge in [-0.2, -0.15) is 0 Å². The lowest BCUT2D eigenvalue weighted by Gasteiger charge is -2.10. The first-order chi connectivity index (χ1) is 7.72. The first kappa shape index (κ1) is 10.8. The van der Waals surface area contributed by atoms with Crippen molar-refractivity contribution < 1.29 is 4.74 Å². The molecule has 1 aromatic heterocycles. The Morgan fingerprint density at radius 2 is 2.31 bits per heavy atom. The highest BCUT2D eigenvalue weighted by molar-refractivity contribution is 6.31. The summed E-state index contributed by atoms with van der Waals surface area (Å²) in [5.41, 5.74) is 0.635. The van der Waals surface area contributed by atoms with Crippen molar-refractivity contribution in [3.63, 3.8) is 0 Å².